The first kappa shape index (κ1) is 16.8. The van der Waals surface area contributed by atoms with E-state index in [1.54, 1.807) is 0 Å². The molecule has 0 heterocycles. The lowest BCUT2D eigenvalue weighted by Gasteiger charge is -2.18. The minimum atomic E-state index is -1.12. The van der Waals surface area contributed by atoms with Crippen LogP contribution >= 0.6 is 0 Å². The zero-order chi connectivity index (χ0) is 15.8. The molecule has 114 valence electrons. The topological polar surface area (TPSA) is 86.5 Å². The largest absolute Gasteiger partial charge is 0.469 e. The van der Waals surface area contributed by atoms with Crippen LogP contribution < -0.4 is 0 Å². The molecule has 0 saturated carbocycles. The quantitative estimate of drug-likeness (QED) is 0.416. The zero-order valence-corrected chi connectivity index (χ0v) is 12.2. The number of aryl methyl sites for hydroxylation is 1. The van der Waals surface area contributed by atoms with Crippen LogP contribution in [0.3, 0.4) is 0 Å². The average molecular weight is 293 g/mol. The number of hydrogen-bond donors (Lipinski definition) is 0. The summed E-state index contributed by atoms with van der Waals surface area (Å²) in [4.78, 5) is 33.7. The number of nitro groups is 1. The van der Waals surface area contributed by atoms with E-state index < -0.39 is 22.9 Å². The van der Waals surface area contributed by atoms with E-state index in [9.17, 15) is 19.7 Å². The van der Waals surface area contributed by atoms with E-state index >= 15 is 0 Å². The molecule has 0 amide bonds. The van der Waals surface area contributed by atoms with Crippen molar-refractivity contribution in [2.75, 3.05) is 7.11 Å². The first-order valence-corrected chi connectivity index (χ1v) is 6.70. The SMILES string of the molecule is COC(=O)C(CC(C)=O)C(CCc1ccccc1)[N+](=O)[O-]. The second-order valence-corrected chi connectivity index (χ2v) is 4.91. The highest BCUT2D eigenvalue weighted by molar-refractivity contribution is 5.83. The maximum absolute atomic E-state index is 11.7. The van der Waals surface area contributed by atoms with Gasteiger partial charge in [-0.05, 0) is 18.9 Å². The lowest BCUT2D eigenvalue weighted by molar-refractivity contribution is -0.530. The fraction of sp³-hybridized carbons (Fsp3) is 0.467. The molecule has 0 spiro atoms. The molecule has 6 nitrogen and oxygen atoms in total. The number of carbonyl (C=O) groups is 2. The lowest BCUT2D eigenvalue weighted by atomic mass is 9.90. The highest BCUT2D eigenvalue weighted by Gasteiger charge is 2.38. The Balaban J connectivity index is 2.83. The standard InChI is InChI=1S/C15H19NO5/c1-11(17)10-13(15(18)21-2)14(16(19)20)9-8-12-6-4-3-5-7-12/h3-7,13-14H,8-10H2,1-2H3. The molecule has 2 atom stereocenters. The summed E-state index contributed by atoms with van der Waals surface area (Å²) in [6.45, 7) is 1.31. The van der Waals surface area contributed by atoms with Crippen molar-refractivity contribution in [1.82, 2.24) is 0 Å². The van der Waals surface area contributed by atoms with Crippen molar-refractivity contribution in [3.8, 4) is 0 Å². The molecule has 0 bridgehead atoms. The lowest BCUT2D eigenvalue weighted by Crippen LogP contribution is -2.37. The molecule has 21 heavy (non-hydrogen) atoms. The van der Waals surface area contributed by atoms with Crippen LogP contribution in [0.5, 0.6) is 0 Å². The number of benzene rings is 1. The molecule has 1 aromatic carbocycles. The normalized spacial score (nSPS) is 13.2. The molecule has 1 rings (SSSR count). The second-order valence-electron chi connectivity index (χ2n) is 4.91. The van der Waals surface area contributed by atoms with Crippen molar-refractivity contribution in [1.29, 1.82) is 0 Å². The molecule has 0 radical (unpaired) electrons. The van der Waals surface area contributed by atoms with Gasteiger partial charge in [0.1, 0.15) is 11.7 Å². The number of ketones is 1. The average Bonchev–Trinajstić information content (AvgIpc) is 2.45. The molecule has 0 aliphatic rings. The second kappa shape index (κ2) is 8.14. The first-order valence-electron chi connectivity index (χ1n) is 6.70. The summed E-state index contributed by atoms with van der Waals surface area (Å²) >= 11 is 0. The molecule has 2 unspecified atom stereocenters. The number of Topliss-reactive ketones (excluding diaryl/α,β-unsaturated/α-hetero) is 1. The Bertz CT molecular complexity index is 500. The van der Waals surface area contributed by atoms with Gasteiger partial charge in [-0.1, -0.05) is 30.3 Å². The van der Waals surface area contributed by atoms with Gasteiger partial charge < -0.3 is 4.74 Å². The highest BCUT2D eigenvalue weighted by atomic mass is 16.6. The molecule has 0 aliphatic heterocycles. The van der Waals surface area contributed by atoms with Crippen LogP contribution in [0, 0.1) is 16.0 Å². The van der Waals surface area contributed by atoms with Gasteiger partial charge in [0, 0.05) is 17.8 Å². The fourth-order valence-corrected chi connectivity index (χ4v) is 2.25. The van der Waals surface area contributed by atoms with E-state index in [2.05, 4.69) is 4.74 Å². The van der Waals surface area contributed by atoms with E-state index in [0.717, 1.165) is 5.56 Å². The van der Waals surface area contributed by atoms with Crippen molar-refractivity contribution >= 4 is 11.8 Å². The van der Waals surface area contributed by atoms with E-state index in [1.807, 2.05) is 30.3 Å². The minimum absolute atomic E-state index is 0.174. The number of methoxy groups -OCH3 is 1. The summed E-state index contributed by atoms with van der Waals surface area (Å²) in [5, 5.41) is 11.3. The molecule has 6 heteroatoms. The minimum Gasteiger partial charge on any atom is -0.469 e. The van der Waals surface area contributed by atoms with Crippen LogP contribution in [0.4, 0.5) is 0 Å². The van der Waals surface area contributed by atoms with Crippen LogP contribution in [-0.4, -0.2) is 29.8 Å². The summed E-state index contributed by atoms with van der Waals surface area (Å²) in [5.41, 5.74) is 0.954. The molecule has 0 saturated heterocycles. The number of carbonyl (C=O) groups excluding carboxylic acids is 2. The monoisotopic (exact) mass is 293 g/mol. The van der Waals surface area contributed by atoms with Crippen LogP contribution in [0.2, 0.25) is 0 Å². The number of nitrogens with zero attached hydrogens (tertiary/aromatic N) is 1. The maximum Gasteiger partial charge on any atom is 0.316 e. The molecule has 0 fully saturated rings. The summed E-state index contributed by atoms with van der Waals surface area (Å²) in [6.07, 6.45) is 0.481. The zero-order valence-electron chi connectivity index (χ0n) is 12.2. The van der Waals surface area contributed by atoms with Gasteiger partial charge in [-0.3, -0.25) is 19.7 Å². The van der Waals surface area contributed by atoms with Gasteiger partial charge in [-0.2, -0.15) is 0 Å². The predicted octanol–water partition coefficient (Wildman–Crippen LogP) is 2.03. The van der Waals surface area contributed by atoms with Crippen molar-refractivity contribution in [2.24, 2.45) is 5.92 Å². The summed E-state index contributed by atoms with van der Waals surface area (Å²) in [7, 11) is 1.17. The molecule has 1 aromatic rings. The summed E-state index contributed by atoms with van der Waals surface area (Å²) in [6, 6.07) is 8.18. The van der Waals surface area contributed by atoms with E-state index in [0.29, 0.717) is 6.42 Å². The van der Waals surface area contributed by atoms with Gasteiger partial charge in [0.15, 0.2) is 0 Å². The van der Waals surface area contributed by atoms with E-state index in [-0.39, 0.29) is 18.6 Å². The van der Waals surface area contributed by atoms with Crippen molar-refractivity contribution in [3.05, 3.63) is 46.0 Å². The van der Waals surface area contributed by atoms with Crippen molar-refractivity contribution in [3.63, 3.8) is 0 Å². The molecular weight excluding hydrogens is 274 g/mol. The number of ether oxygens (including phenoxy) is 1. The van der Waals surface area contributed by atoms with Gasteiger partial charge in [0.05, 0.1) is 7.11 Å². The Hall–Kier alpha value is -2.24. The van der Waals surface area contributed by atoms with Gasteiger partial charge in [-0.25, -0.2) is 0 Å². The molecule has 0 aliphatic carbocycles. The predicted molar refractivity (Wildman–Crippen MR) is 76.3 cm³/mol. The summed E-state index contributed by atoms with van der Waals surface area (Å²) in [5.74, 6) is -2.01. The number of hydrogen-bond acceptors (Lipinski definition) is 5. The third-order valence-electron chi connectivity index (χ3n) is 3.32. The Labute approximate surface area is 123 Å². The fourth-order valence-electron chi connectivity index (χ4n) is 2.25. The number of esters is 1. The Morgan fingerprint density at radius 1 is 1.29 bits per heavy atom. The highest BCUT2D eigenvalue weighted by Crippen LogP contribution is 2.20. The van der Waals surface area contributed by atoms with Gasteiger partial charge in [0.2, 0.25) is 6.04 Å². The Morgan fingerprint density at radius 2 is 1.90 bits per heavy atom. The van der Waals surface area contributed by atoms with Crippen LogP contribution in [0.25, 0.3) is 0 Å². The molecule has 0 N–H and O–H groups in total. The summed E-state index contributed by atoms with van der Waals surface area (Å²) < 4.78 is 4.60. The first-order chi connectivity index (χ1) is 9.95. The third kappa shape index (κ3) is 5.33. The Morgan fingerprint density at radius 3 is 2.38 bits per heavy atom. The van der Waals surface area contributed by atoms with E-state index in [4.69, 9.17) is 0 Å². The van der Waals surface area contributed by atoms with Gasteiger partial charge in [-0.15, -0.1) is 0 Å². The smallest absolute Gasteiger partial charge is 0.316 e. The van der Waals surface area contributed by atoms with Gasteiger partial charge >= 0.3 is 5.97 Å². The maximum atomic E-state index is 11.7. The van der Waals surface area contributed by atoms with Gasteiger partial charge in [0.25, 0.3) is 0 Å². The van der Waals surface area contributed by atoms with Crippen LogP contribution in [0.1, 0.15) is 25.3 Å². The molecule has 0 aromatic heterocycles. The van der Waals surface area contributed by atoms with Crippen molar-refractivity contribution < 1.29 is 19.2 Å². The molecular formula is C15H19NO5. The van der Waals surface area contributed by atoms with Crippen LogP contribution in [0.15, 0.2) is 30.3 Å². The van der Waals surface area contributed by atoms with Crippen LogP contribution in [-0.2, 0) is 20.7 Å². The Kier molecular flexibility index (Phi) is 6.52. The third-order valence-corrected chi connectivity index (χ3v) is 3.32. The van der Waals surface area contributed by atoms with E-state index in [1.165, 1.54) is 14.0 Å². The number of rotatable bonds is 8. The van der Waals surface area contributed by atoms with Crippen molar-refractivity contribution in [2.45, 2.75) is 32.2 Å².